The van der Waals surface area contributed by atoms with Crippen LogP contribution in [0.3, 0.4) is 0 Å². The first kappa shape index (κ1) is 18.4. The van der Waals surface area contributed by atoms with E-state index in [9.17, 15) is 13.2 Å². The van der Waals surface area contributed by atoms with Gasteiger partial charge in [0.25, 0.3) is 10.0 Å². The van der Waals surface area contributed by atoms with E-state index in [4.69, 9.17) is 0 Å². The normalized spacial score (nSPS) is 15.1. The van der Waals surface area contributed by atoms with Crippen LogP contribution in [0.2, 0.25) is 0 Å². The van der Waals surface area contributed by atoms with Gasteiger partial charge in [-0.3, -0.25) is 14.6 Å². The van der Waals surface area contributed by atoms with E-state index in [1.165, 1.54) is 6.42 Å². The second-order valence-electron chi connectivity index (χ2n) is 6.68. The summed E-state index contributed by atoms with van der Waals surface area (Å²) >= 11 is 0. The Morgan fingerprint density at radius 3 is 2.38 bits per heavy atom. The van der Waals surface area contributed by atoms with E-state index in [0.717, 1.165) is 31.5 Å². The van der Waals surface area contributed by atoms with E-state index in [0.29, 0.717) is 23.5 Å². The van der Waals surface area contributed by atoms with Gasteiger partial charge in [-0.15, -0.1) is 0 Å². The number of rotatable bonds is 5. The van der Waals surface area contributed by atoms with Crippen molar-refractivity contribution in [2.24, 2.45) is 0 Å². The Morgan fingerprint density at radius 1 is 1.15 bits per heavy atom. The summed E-state index contributed by atoms with van der Waals surface area (Å²) in [7, 11) is -3.70. The third-order valence-corrected chi connectivity index (χ3v) is 6.24. The zero-order chi connectivity index (χ0) is 18.7. The molecule has 2 N–H and O–H groups in total. The van der Waals surface area contributed by atoms with Gasteiger partial charge in [0, 0.05) is 18.8 Å². The minimum atomic E-state index is -3.70. The van der Waals surface area contributed by atoms with Crippen LogP contribution in [0.15, 0.2) is 29.2 Å². The van der Waals surface area contributed by atoms with E-state index in [1.807, 2.05) is 4.90 Å². The van der Waals surface area contributed by atoms with Crippen molar-refractivity contribution in [2.75, 3.05) is 17.8 Å². The molecule has 26 heavy (non-hydrogen) atoms. The fraction of sp³-hybridized carbons (Fsp3) is 0.444. The highest BCUT2D eigenvalue weighted by Gasteiger charge is 2.22. The first-order valence-electron chi connectivity index (χ1n) is 8.78. The van der Waals surface area contributed by atoms with Crippen LogP contribution in [0.4, 0.5) is 5.69 Å². The highest BCUT2D eigenvalue weighted by atomic mass is 32.2. The maximum Gasteiger partial charge on any atom is 0.265 e. The van der Waals surface area contributed by atoms with Crippen LogP contribution in [0.1, 0.15) is 36.2 Å². The number of H-pyrrole nitrogens is 1. The second kappa shape index (κ2) is 7.49. The summed E-state index contributed by atoms with van der Waals surface area (Å²) in [6, 6.07) is 6.94. The van der Waals surface area contributed by atoms with Crippen molar-refractivity contribution in [3.63, 3.8) is 0 Å². The molecule has 3 rings (SSSR count). The van der Waals surface area contributed by atoms with Gasteiger partial charge in [-0.05, 0) is 50.8 Å². The first-order chi connectivity index (χ1) is 12.4. The number of hydrogen-bond donors (Lipinski definition) is 2. The molecule has 2 aromatic rings. The van der Waals surface area contributed by atoms with Crippen LogP contribution in [-0.4, -0.2) is 42.5 Å². The minimum Gasteiger partial charge on any atom is -0.342 e. The third-order valence-electron chi connectivity index (χ3n) is 4.60. The summed E-state index contributed by atoms with van der Waals surface area (Å²) < 4.78 is 27.6. The number of carbonyl (C=O) groups excluding carboxylic acids is 1. The molecule has 140 valence electrons. The number of likely N-dealkylation sites (tertiary alicyclic amines) is 1. The Hall–Kier alpha value is -2.35. The highest BCUT2D eigenvalue weighted by molar-refractivity contribution is 7.92. The van der Waals surface area contributed by atoms with Crippen LogP contribution >= 0.6 is 0 Å². The van der Waals surface area contributed by atoms with Crippen LogP contribution in [-0.2, 0) is 21.2 Å². The number of aromatic amines is 1. The van der Waals surface area contributed by atoms with Crippen LogP contribution < -0.4 is 4.72 Å². The van der Waals surface area contributed by atoms with Gasteiger partial charge in [0.05, 0.1) is 17.8 Å². The van der Waals surface area contributed by atoms with Gasteiger partial charge < -0.3 is 4.90 Å². The molecule has 1 aliphatic rings. The lowest BCUT2D eigenvalue weighted by atomic mass is 10.1. The van der Waals surface area contributed by atoms with Crippen LogP contribution in [0.25, 0.3) is 0 Å². The second-order valence-corrected chi connectivity index (χ2v) is 8.30. The molecule has 8 heteroatoms. The smallest absolute Gasteiger partial charge is 0.265 e. The number of aromatic nitrogens is 2. The molecular weight excluding hydrogens is 352 g/mol. The maximum atomic E-state index is 12.5. The standard InChI is InChI=1S/C18H24N4O3S/c1-13-18(14(2)20-19-13)26(24,25)21-16-8-6-15(7-9-16)12-17(23)22-10-4-3-5-11-22/h6-9,21H,3-5,10-12H2,1-2H3,(H,19,20). The van der Waals surface area contributed by atoms with Crippen LogP contribution in [0, 0.1) is 13.8 Å². The van der Waals surface area contributed by atoms with Gasteiger partial charge in [0.15, 0.2) is 0 Å². The zero-order valence-corrected chi connectivity index (χ0v) is 15.9. The molecule has 0 spiro atoms. The number of hydrogen-bond acceptors (Lipinski definition) is 4. The number of nitrogens with one attached hydrogen (secondary N) is 2. The lowest BCUT2D eigenvalue weighted by molar-refractivity contribution is -0.131. The molecule has 7 nitrogen and oxygen atoms in total. The third kappa shape index (κ3) is 4.07. The van der Waals surface area contributed by atoms with Crippen molar-refractivity contribution in [1.29, 1.82) is 0 Å². The SMILES string of the molecule is Cc1n[nH]c(C)c1S(=O)(=O)Nc1ccc(CC(=O)N2CCCCC2)cc1. The van der Waals surface area contributed by atoms with E-state index < -0.39 is 10.0 Å². The molecule has 0 aliphatic carbocycles. The molecule has 1 aliphatic heterocycles. The quantitative estimate of drug-likeness (QED) is 0.837. The lowest BCUT2D eigenvalue weighted by Gasteiger charge is -2.26. The number of benzene rings is 1. The van der Waals surface area contributed by atoms with Gasteiger partial charge in [0.1, 0.15) is 4.90 Å². The summed E-state index contributed by atoms with van der Waals surface area (Å²) in [6.07, 6.45) is 3.67. The Labute approximate surface area is 153 Å². The van der Waals surface area contributed by atoms with Crippen molar-refractivity contribution < 1.29 is 13.2 Å². The summed E-state index contributed by atoms with van der Waals surface area (Å²) in [6.45, 7) is 4.98. The van der Waals surface area contributed by atoms with E-state index >= 15 is 0 Å². The minimum absolute atomic E-state index is 0.127. The van der Waals surface area contributed by atoms with Crippen molar-refractivity contribution in [2.45, 2.75) is 44.4 Å². The predicted molar refractivity (Wildman–Crippen MR) is 99.4 cm³/mol. The topological polar surface area (TPSA) is 95.2 Å². The molecule has 0 radical (unpaired) electrons. The molecule has 1 aromatic carbocycles. The molecule has 1 aromatic heterocycles. The number of anilines is 1. The summed E-state index contributed by atoms with van der Waals surface area (Å²) in [4.78, 5) is 14.4. The Kier molecular flexibility index (Phi) is 5.31. The number of carbonyl (C=O) groups is 1. The number of piperidine rings is 1. The van der Waals surface area contributed by atoms with Crippen molar-refractivity contribution in [1.82, 2.24) is 15.1 Å². The molecule has 0 bridgehead atoms. The lowest BCUT2D eigenvalue weighted by Crippen LogP contribution is -2.36. The zero-order valence-electron chi connectivity index (χ0n) is 15.1. The first-order valence-corrected chi connectivity index (χ1v) is 10.3. The highest BCUT2D eigenvalue weighted by Crippen LogP contribution is 2.21. The van der Waals surface area contributed by atoms with Crippen molar-refractivity contribution in [3.8, 4) is 0 Å². The summed E-state index contributed by atoms with van der Waals surface area (Å²) in [5, 5.41) is 6.61. The van der Waals surface area contributed by atoms with E-state index in [1.54, 1.807) is 38.1 Å². The fourth-order valence-corrected chi connectivity index (χ4v) is 4.69. The van der Waals surface area contributed by atoms with E-state index in [-0.39, 0.29) is 10.8 Å². The van der Waals surface area contributed by atoms with Crippen molar-refractivity contribution in [3.05, 3.63) is 41.2 Å². The molecule has 0 atom stereocenters. The molecule has 1 fully saturated rings. The Bertz CT molecular complexity index is 862. The Balaban J connectivity index is 1.67. The monoisotopic (exact) mass is 376 g/mol. The molecule has 0 unspecified atom stereocenters. The van der Waals surface area contributed by atoms with Crippen LogP contribution in [0.5, 0.6) is 0 Å². The average Bonchev–Trinajstić information content (AvgIpc) is 2.96. The number of amides is 1. The molecule has 2 heterocycles. The average molecular weight is 376 g/mol. The number of aryl methyl sites for hydroxylation is 2. The van der Waals surface area contributed by atoms with Gasteiger partial charge in [-0.2, -0.15) is 5.10 Å². The predicted octanol–water partition coefficient (Wildman–Crippen LogP) is 2.38. The number of nitrogens with zero attached hydrogens (tertiary/aromatic N) is 2. The van der Waals surface area contributed by atoms with Gasteiger partial charge in [-0.25, -0.2) is 8.42 Å². The fourth-order valence-electron chi connectivity index (χ4n) is 3.26. The Morgan fingerprint density at radius 2 is 1.81 bits per heavy atom. The van der Waals surface area contributed by atoms with Gasteiger partial charge >= 0.3 is 0 Å². The molecule has 0 saturated carbocycles. The summed E-state index contributed by atoms with van der Waals surface area (Å²) in [5.41, 5.74) is 2.26. The number of sulfonamides is 1. The van der Waals surface area contributed by atoms with E-state index in [2.05, 4.69) is 14.9 Å². The van der Waals surface area contributed by atoms with Gasteiger partial charge in [-0.1, -0.05) is 12.1 Å². The van der Waals surface area contributed by atoms with Crippen molar-refractivity contribution >= 4 is 21.6 Å². The maximum absolute atomic E-state index is 12.5. The molecular formula is C18H24N4O3S. The molecule has 1 saturated heterocycles. The van der Waals surface area contributed by atoms with Gasteiger partial charge in [0.2, 0.25) is 5.91 Å². The summed E-state index contributed by atoms with van der Waals surface area (Å²) in [5.74, 6) is 0.127. The molecule has 1 amide bonds. The largest absolute Gasteiger partial charge is 0.342 e.